The summed E-state index contributed by atoms with van der Waals surface area (Å²) < 4.78 is 93.3. The molecule has 390 valence electrons. The van der Waals surface area contributed by atoms with Crippen LogP contribution < -0.4 is 33.7 Å². The summed E-state index contributed by atoms with van der Waals surface area (Å²) in [5.74, 6) is -0.570. The summed E-state index contributed by atoms with van der Waals surface area (Å²) in [7, 11) is 9.03. The quantitative estimate of drug-likeness (QED) is 0.0905. The molecule has 0 radical (unpaired) electrons. The number of rotatable bonds is 19. The SMILES string of the molecule is COc1cc(C(=O)N(C/C(C)=C/c2ccc(F)cc2F)CC2CCCN2)cc(OC)c1OC.COc1cc(C(=O)N(C/C(C)=C/c2ccc(F)cc2F)CC2CCCN2C2CCOCC2)cc(OC)c1OC. The van der Waals surface area contributed by atoms with Crippen LogP contribution in [0.2, 0.25) is 0 Å². The van der Waals surface area contributed by atoms with Gasteiger partial charge in [-0.3, -0.25) is 14.5 Å². The van der Waals surface area contributed by atoms with E-state index in [2.05, 4.69) is 10.2 Å². The molecule has 2 amide bonds. The Morgan fingerprint density at radius 3 is 1.49 bits per heavy atom. The van der Waals surface area contributed by atoms with E-state index in [4.69, 9.17) is 33.2 Å². The number of amides is 2. The maximum atomic E-state index is 14.4. The van der Waals surface area contributed by atoms with Crippen molar-refractivity contribution in [2.75, 3.05) is 95.1 Å². The molecule has 3 saturated heterocycles. The van der Waals surface area contributed by atoms with Crippen molar-refractivity contribution in [2.24, 2.45) is 0 Å². The first-order chi connectivity index (χ1) is 34.7. The molecule has 3 heterocycles. The van der Waals surface area contributed by atoms with Crippen LogP contribution in [0.15, 0.2) is 71.8 Å². The Bertz CT molecular complexity index is 2500. The Hall–Kier alpha value is -6.30. The molecule has 3 aliphatic heterocycles. The van der Waals surface area contributed by atoms with E-state index in [-0.39, 0.29) is 48.1 Å². The normalized spacial score (nSPS) is 17.4. The number of ether oxygens (including phenoxy) is 7. The van der Waals surface area contributed by atoms with E-state index >= 15 is 0 Å². The summed E-state index contributed by atoms with van der Waals surface area (Å²) in [4.78, 5) is 33.6. The van der Waals surface area contributed by atoms with E-state index < -0.39 is 23.3 Å². The van der Waals surface area contributed by atoms with Gasteiger partial charge in [-0.05, 0) is 114 Å². The number of benzene rings is 4. The Morgan fingerprint density at radius 2 is 1.08 bits per heavy atom. The second-order valence-corrected chi connectivity index (χ2v) is 18.2. The molecule has 4 aromatic carbocycles. The lowest BCUT2D eigenvalue weighted by Gasteiger charge is -2.38. The average molecular weight is 1010 g/mol. The van der Waals surface area contributed by atoms with Gasteiger partial charge in [-0.15, -0.1) is 0 Å². The van der Waals surface area contributed by atoms with Gasteiger partial charge in [0.1, 0.15) is 23.3 Å². The molecule has 1 N–H and O–H groups in total. The molecule has 3 aliphatic rings. The van der Waals surface area contributed by atoms with Crippen LogP contribution in [0, 0.1) is 23.3 Å². The molecular weight excluding hydrogens is 937 g/mol. The zero-order valence-electron chi connectivity index (χ0n) is 42.6. The van der Waals surface area contributed by atoms with Crippen molar-refractivity contribution in [1.29, 1.82) is 0 Å². The van der Waals surface area contributed by atoms with Crippen LogP contribution in [-0.2, 0) is 4.74 Å². The van der Waals surface area contributed by atoms with Crippen LogP contribution in [0.3, 0.4) is 0 Å². The summed E-state index contributed by atoms with van der Waals surface area (Å²) >= 11 is 0. The Balaban J connectivity index is 0.000000239. The van der Waals surface area contributed by atoms with Crippen LogP contribution in [0.5, 0.6) is 34.5 Å². The van der Waals surface area contributed by atoms with Gasteiger partial charge in [0.15, 0.2) is 23.0 Å². The monoisotopic (exact) mass is 1000 g/mol. The zero-order chi connectivity index (χ0) is 51.9. The molecule has 3 fully saturated rings. The summed E-state index contributed by atoms with van der Waals surface area (Å²) in [5.41, 5.74) is 2.88. The number of nitrogens with one attached hydrogen (secondary N) is 1. The van der Waals surface area contributed by atoms with Crippen LogP contribution in [0.4, 0.5) is 17.6 Å². The van der Waals surface area contributed by atoms with Crippen molar-refractivity contribution in [3.05, 3.63) is 117 Å². The molecule has 4 aromatic rings. The van der Waals surface area contributed by atoms with Crippen LogP contribution in [-0.4, -0.2) is 140 Å². The van der Waals surface area contributed by atoms with Crippen molar-refractivity contribution < 1.29 is 60.3 Å². The van der Waals surface area contributed by atoms with Crippen molar-refractivity contribution >= 4 is 24.0 Å². The number of hydrogen-bond acceptors (Lipinski definition) is 11. The van der Waals surface area contributed by atoms with Gasteiger partial charge in [0, 0.05) is 91.9 Å². The third-order valence-electron chi connectivity index (χ3n) is 13.1. The molecule has 7 rings (SSSR count). The van der Waals surface area contributed by atoms with Crippen LogP contribution in [0.1, 0.15) is 84.2 Å². The molecule has 0 aliphatic carbocycles. The largest absolute Gasteiger partial charge is 0.493 e. The highest BCUT2D eigenvalue weighted by molar-refractivity contribution is 5.96. The van der Waals surface area contributed by atoms with Crippen LogP contribution in [0.25, 0.3) is 12.2 Å². The smallest absolute Gasteiger partial charge is 0.254 e. The number of methoxy groups -OCH3 is 6. The maximum absolute atomic E-state index is 14.4. The number of carbonyl (C=O) groups excluding carboxylic acids is 2. The van der Waals surface area contributed by atoms with E-state index in [9.17, 15) is 27.2 Å². The first-order valence-electron chi connectivity index (χ1n) is 24.2. The summed E-state index contributed by atoms with van der Waals surface area (Å²) in [5, 5.41) is 3.41. The number of carbonyl (C=O) groups is 2. The summed E-state index contributed by atoms with van der Waals surface area (Å²) in [6.07, 6.45) is 9.35. The number of nitrogens with zero attached hydrogens (tertiary/aromatic N) is 3. The van der Waals surface area contributed by atoms with Gasteiger partial charge in [0.25, 0.3) is 11.8 Å². The maximum Gasteiger partial charge on any atom is 0.254 e. The highest BCUT2D eigenvalue weighted by Gasteiger charge is 2.34. The first-order valence-corrected chi connectivity index (χ1v) is 24.2. The van der Waals surface area contributed by atoms with Gasteiger partial charge < -0.3 is 48.3 Å². The minimum atomic E-state index is -0.644. The second-order valence-electron chi connectivity index (χ2n) is 18.2. The fraction of sp³-hybridized carbons (Fsp3) is 0.455. The standard InChI is InChI=1S/C30H38F2N2O5.C25H30F2N2O4/c1-20(14-21-7-8-23(31)17-26(21)32)18-33(19-25-6-5-11-34(25)24-9-12-39-13-10-24)30(35)22-15-27(36-2)29(38-4)28(16-22)37-3;1-16(10-17-7-8-19(26)13-21(17)27)14-29(15-20-6-5-9-28-20)25(30)18-11-22(31-2)24(33-4)23(12-18)32-3/h7-8,14-17,24-25H,5-6,9-13,18-19H2,1-4H3;7-8,10-13,20,28H,5-6,9,14-15H2,1-4H3/b20-14+;16-10+. The van der Waals surface area contributed by atoms with Crippen molar-refractivity contribution in [3.8, 4) is 34.5 Å². The topological polar surface area (TPSA) is 121 Å². The lowest BCUT2D eigenvalue weighted by molar-refractivity contribution is 0.0233. The Labute approximate surface area is 420 Å². The minimum absolute atomic E-state index is 0.173. The van der Waals surface area contributed by atoms with Gasteiger partial charge in [0.05, 0.1) is 42.7 Å². The Kier molecular flexibility index (Phi) is 20.2. The third-order valence-corrected chi connectivity index (χ3v) is 13.1. The molecular formula is C55H68F4N4O9. The fourth-order valence-corrected chi connectivity index (χ4v) is 9.66. The first kappa shape index (κ1) is 55.0. The van der Waals surface area contributed by atoms with Gasteiger partial charge >= 0.3 is 0 Å². The van der Waals surface area contributed by atoms with E-state index in [1.165, 1.54) is 66.9 Å². The van der Waals surface area contributed by atoms with Crippen molar-refractivity contribution in [1.82, 2.24) is 20.0 Å². The summed E-state index contributed by atoms with van der Waals surface area (Å²) in [6.45, 7) is 8.67. The molecule has 72 heavy (non-hydrogen) atoms. The molecule has 2 atom stereocenters. The molecule has 0 bridgehead atoms. The molecule has 0 saturated carbocycles. The van der Waals surface area contributed by atoms with Gasteiger partial charge in [0.2, 0.25) is 11.5 Å². The van der Waals surface area contributed by atoms with E-state index in [0.29, 0.717) is 64.8 Å². The van der Waals surface area contributed by atoms with Crippen LogP contribution >= 0.6 is 0 Å². The zero-order valence-corrected chi connectivity index (χ0v) is 42.6. The number of hydrogen-bond donors (Lipinski definition) is 1. The highest BCUT2D eigenvalue weighted by atomic mass is 19.1. The fourth-order valence-electron chi connectivity index (χ4n) is 9.66. The van der Waals surface area contributed by atoms with E-state index in [1.807, 2.05) is 13.8 Å². The van der Waals surface area contributed by atoms with Crippen molar-refractivity contribution in [3.63, 3.8) is 0 Å². The molecule has 0 aromatic heterocycles. The van der Waals surface area contributed by atoms with E-state index in [0.717, 1.165) is 88.1 Å². The lowest BCUT2D eigenvalue weighted by Crippen LogP contribution is -2.48. The minimum Gasteiger partial charge on any atom is -0.493 e. The third kappa shape index (κ3) is 14.2. The molecule has 2 unspecified atom stereocenters. The number of likely N-dealkylation sites (tertiary alicyclic amines) is 1. The average Bonchev–Trinajstić information content (AvgIpc) is 4.09. The molecule has 0 spiro atoms. The van der Waals surface area contributed by atoms with Crippen molar-refractivity contribution in [2.45, 2.75) is 70.5 Å². The molecule has 13 nitrogen and oxygen atoms in total. The van der Waals surface area contributed by atoms with Gasteiger partial charge in [-0.1, -0.05) is 23.3 Å². The summed E-state index contributed by atoms with van der Waals surface area (Å²) in [6, 6.07) is 14.3. The predicted molar refractivity (Wildman–Crippen MR) is 269 cm³/mol. The van der Waals surface area contributed by atoms with E-state index in [1.54, 1.807) is 46.2 Å². The predicted octanol–water partition coefficient (Wildman–Crippen LogP) is 9.47. The lowest BCUT2D eigenvalue weighted by atomic mass is 10.0. The molecule has 17 heteroatoms. The Morgan fingerprint density at radius 1 is 0.625 bits per heavy atom. The second kappa shape index (κ2) is 26.4. The number of halogens is 4. The van der Waals surface area contributed by atoms with Gasteiger partial charge in [-0.25, -0.2) is 17.6 Å². The van der Waals surface area contributed by atoms with Gasteiger partial charge in [-0.2, -0.15) is 0 Å². The highest BCUT2D eigenvalue weighted by Crippen LogP contribution is 2.40.